The van der Waals surface area contributed by atoms with Crippen LogP contribution in [0.5, 0.6) is 0 Å². The highest BCUT2D eigenvalue weighted by molar-refractivity contribution is 7.13. The lowest BCUT2D eigenvalue weighted by molar-refractivity contribution is 0.573. The zero-order valence-electron chi connectivity index (χ0n) is 14.4. The van der Waals surface area contributed by atoms with Gasteiger partial charge in [0.2, 0.25) is 0 Å². The monoisotopic (exact) mass is 355 g/mol. The van der Waals surface area contributed by atoms with Crippen molar-refractivity contribution in [3.05, 3.63) is 46.5 Å². The van der Waals surface area contributed by atoms with Crippen molar-refractivity contribution >= 4 is 33.1 Å². The fourth-order valence-electron chi connectivity index (χ4n) is 3.22. The molecule has 0 saturated carbocycles. The van der Waals surface area contributed by atoms with Gasteiger partial charge in [-0.3, -0.25) is 9.36 Å². The van der Waals surface area contributed by atoms with Crippen LogP contribution in [0, 0.1) is 0 Å². The second-order valence-corrected chi connectivity index (χ2v) is 7.41. The first kappa shape index (κ1) is 16.1. The van der Waals surface area contributed by atoms with Crippen LogP contribution in [-0.4, -0.2) is 40.7 Å². The van der Waals surface area contributed by atoms with Gasteiger partial charge in [0.1, 0.15) is 0 Å². The average Bonchev–Trinajstić information content (AvgIpc) is 3.16. The van der Waals surface area contributed by atoms with Crippen molar-refractivity contribution in [2.75, 3.05) is 36.0 Å². The largest absolute Gasteiger partial charge is 0.368 e. The predicted octanol–water partition coefficient (Wildman–Crippen LogP) is 2.76. The summed E-state index contributed by atoms with van der Waals surface area (Å²) in [6.45, 7) is 7.76. The number of rotatable bonds is 3. The van der Waals surface area contributed by atoms with Crippen LogP contribution >= 0.6 is 11.3 Å². The van der Waals surface area contributed by atoms with E-state index < -0.39 is 0 Å². The van der Waals surface area contributed by atoms with Crippen LogP contribution < -0.4 is 15.4 Å². The molecule has 3 aromatic rings. The Morgan fingerprint density at radius 3 is 2.52 bits per heavy atom. The van der Waals surface area contributed by atoms with Crippen LogP contribution in [-0.2, 0) is 0 Å². The molecule has 0 atom stereocenters. The summed E-state index contributed by atoms with van der Waals surface area (Å²) >= 11 is 1.68. The lowest BCUT2D eigenvalue weighted by atomic mass is 10.2. The lowest BCUT2D eigenvalue weighted by Crippen LogP contribution is -2.46. The summed E-state index contributed by atoms with van der Waals surface area (Å²) < 4.78 is 1.68. The Morgan fingerprint density at radius 1 is 1.08 bits per heavy atom. The average molecular weight is 355 g/mol. The number of hydrogen-bond donors (Lipinski definition) is 0. The zero-order valence-corrected chi connectivity index (χ0v) is 15.2. The molecule has 130 valence electrons. The van der Waals surface area contributed by atoms with Gasteiger partial charge in [0.25, 0.3) is 5.56 Å². The van der Waals surface area contributed by atoms with Crippen molar-refractivity contribution in [3.63, 3.8) is 0 Å². The molecule has 6 nitrogen and oxygen atoms in total. The first-order valence-electron chi connectivity index (χ1n) is 8.54. The Morgan fingerprint density at radius 2 is 1.84 bits per heavy atom. The minimum Gasteiger partial charge on any atom is -0.368 e. The van der Waals surface area contributed by atoms with E-state index in [0.29, 0.717) is 5.39 Å². The van der Waals surface area contributed by atoms with E-state index in [4.69, 9.17) is 0 Å². The summed E-state index contributed by atoms with van der Waals surface area (Å²) in [5.74, 6) is 0. The highest BCUT2D eigenvalue weighted by Crippen LogP contribution is 2.23. The molecule has 1 saturated heterocycles. The number of thiazole rings is 1. The summed E-state index contributed by atoms with van der Waals surface area (Å²) in [6, 6.07) is 6.09. The third-order valence-electron chi connectivity index (χ3n) is 4.66. The fraction of sp³-hybridized carbons (Fsp3) is 0.389. The smallest absolute Gasteiger partial charge is 0.261 e. The van der Waals surface area contributed by atoms with Crippen LogP contribution in [0.4, 0.5) is 10.8 Å². The Bertz CT molecular complexity index is 926. The number of hydrogen-bond acceptors (Lipinski definition) is 6. The first-order chi connectivity index (χ1) is 12.1. The van der Waals surface area contributed by atoms with Gasteiger partial charge in [-0.25, -0.2) is 9.97 Å². The van der Waals surface area contributed by atoms with Crippen molar-refractivity contribution in [2.45, 2.75) is 19.9 Å². The molecule has 0 aliphatic carbocycles. The molecule has 1 aliphatic rings. The van der Waals surface area contributed by atoms with E-state index in [2.05, 4.69) is 19.8 Å². The normalized spacial score (nSPS) is 15.3. The topological polar surface area (TPSA) is 54.3 Å². The molecule has 3 heterocycles. The maximum atomic E-state index is 12.5. The molecule has 25 heavy (non-hydrogen) atoms. The van der Waals surface area contributed by atoms with Crippen LogP contribution in [0.3, 0.4) is 0 Å². The third kappa shape index (κ3) is 3.00. The molecule has 1 aromatic carbocycles. The summed E-state index contributed by atoms with van der Waals surface area (Å²) in [7, 11) is 0. The summed E-state index contributed by atoms with van der Waals surface area (Å²) in [4.78, 5) is 26.1. The van der Waals surface area contributed by atoms with Crippen molar-refractivity contribution < 1.29 is 0 Å². The first-order valence-corrected chi connectivity index (χ1v) is 9.42. The van der Waals surface area contributed by atoms with Gasteiger partial charge in [0, 0.05) is 49.5 Å². The number of fused-ring (bicyclic) bond motifs is 1. The molecule has 0 unspecified atom stereocenters. The van der Waals surface area contributed by atoms with E-state index in [0.717, 1.165) is 42.5 Å². The van der Waals surface area contributed by atoms with E-state index in [-0.39, 0.29) is 11.6 Å². The van der Waals surface area contributed by atoms with E-state index in [9.17, 15) is 4.79 Å². The maximum absolute atomic E-state index is 12.5. The van der Waals surface area contributed by atoms with Gasteiger partial charge in [-0.05, 0) is 32.0 Å². The van der Waals surface area contributed by atoms with Gasteiger partial charge < -0.3 is 9.80 Å². The standard InChI is InChI=1S/C18H21N5OS/c1-13(2)23-12-20-16-11-14(3-4-15(16)17(23)24)21-6-8-22(9-7-21)18-19-5-10-25-18/h3-5,10-13H,6-9H2,1-2H3. The number of benzene rings is 1. The van der Waals surface area contributed by atoms with E-state index in [1.54, 1.807) is 22.2 Å². The van der Waals surface area contributed by atoms with Gasteiger partial charge in [-0.15, -0.1) is 11.3 Å². The number of anilines is 2. The molecule has 0 amide bonds. The highest BCUT2D eigenvalue weighted by atomic mass is 32.1. The van der Waals surface area contributed by atoms with E-state index in [1.807, 2.05) is 43.6 Å². The Balaban J connectivity index is 1.56. The number of piperazine rings is 1. The zero-order chi connectivity index (χ0) is 17.4. The molecule has 7 heteroatoms. The van der Waals surface area contributed by atoms with Crippen molar-refractivity contribution in [3.8, 4) is 0 Å². The molecule has 4 rings (SSSR count). The minimum absolute atomic E-state index is 0.0279. The van der Waals surface area contributed by atoms with E-state index >= 15 is 0 Å². The third-order valence-corrected chi connectivity index (χ3v) is 5.49. The molecule has 1 aliphatic heterocycles. The summed E-state index contributed by atoms with van der Waals surface area (Å²) in [5, 5.41) is 3.79. The second kappa shape index (κ2) is 6.48. The van der Waals surface area contributed by atoms with Gasteiger partial charge >= 0.3 is 0 Å². The van der Waals surface area contributed by atoms with Gasteiger partial charge in [-0.2, -0.15) is 0 Å². The summed E-state index contributed by atoms with van der Waals surface area (Å²) in [6.07, 6.45) is 3.50. The minimum atomic E-state index is 0.0279. The van der Waals surface area contributed by atoms with Crippen molar-refractivity contribution in [1.82, 2.24) is 14.5 Å². The SMILES string of the molecule is CC(C)n1cnc2cc(N3CCN(c4nccs4)CC3)ccc2c1=O. The van der Waals surface area contributed by atoms with Gasteiger partial charge in [0.15, 0.2) is 5.13 Å². The maximum Gasteiger partial charge on any atom is 0.261 e. The Hall–Kier alpha value is -2.41. The van der Waals surface area contributed by atoms with Gasteiger partial charge in [-0.1, -0.05) is 0 Å². The Kier molecular flexibility index (Phi) is 4.17. The summed E-state index contributed by atoms with van der Waals surface area (Å²) in [5.41, 5.74) is 1.92. The number of aromatic nitrogens is 3. The van der Waals surface area contributed by atoms with Crippen LogP contribution in [0.25, 0.3) is 10.9 Å². The van der Waals surface area contributed by atoms with Crippen LogP contribution in [0.1, 0.15) is 19.9 Å². The van der Waals surface area contributed by atoms with Crippen molar-refractivity contribution in [2.24, 2.45) is 0 Å². The molecular formula is C18H21N5OS. The highest BCUT2D eigenvalue weighted by Gasteiger charge is 2.19. The molecular weight excluding hydrogens is 334 g/mol. The Labute approximate surface area is 150 Å². The number of nitrogens with zero attached hydrogens (tertiary/aromatic N) is 5. The molecule has 0 spiro atoms. The molecule has 1 fully saturated rings. The quantitative estimate of drug-likeness (QED) is 0.723. The molecule has 0 radical (unpaired) electrons. The molecule has 0 bridgehead atoms. The lowest BCUT2D eigenvalue weighted by Gasteiger charge is -2.36. The van der Waals surface area contributed by atoms with E-state index in [1.165, 1.54) is 0 Å². The second-order valence-electron chi connectivity index (χ2n) is 6.54. The van der Waals surface area contributed by atoms with Crippen LogP contribution in [0.15, 0.2) is 40.9 Å². The van der Waals surface area contributed by atoms with Crippen LogP contribution in [0.2, 0.25) is 0 Å². The molecule has 0 N–H and O–H groups in total. The van der Waals surface area contributed by atoms with Gasteiger partial charge in [0.05, 0.1) is 17.2 Å². The fourth-order valence-corrected chi connectivity index (χ4v) is 3.91. The molecule has 2 aromatic heterocycles. The predicted molar refractivity (Wildman–Crippen MR) is 103 cm³/mol. The van der Waals surface area contributed by atoms with Crippen molar-refractivity contribution in [1.29, 1.82) is 0 Å².